The van der Waals surface area contributed by atoms with Crippen LogP contribution in [0.2, 0.25) is 0 Å². The Bertz CT molecular complexity index is 6350. The molecule has 0 unspecified atom stereocenters. The van der Waals surface area contributed by atoms with Crippen LogP contribution in [0.25, 0.3) is 0 Å². The van der Waals surface area contributed by atoms with Gasteiger partial charge in [0.1, 0.15) is 46.3 Å². The van der Waals surface area contributed by atoms with Gasteiger partial charge in [-0.05, 0) is 158 Å². The summed E-state index contributed by atoms with van der Waals surface area (Å²) in [5.74, 6) is 1.21. The predicted molar refractivity (Wildman–Crippen MR) is 554 cm³/mol. The van der Waals surface area contributed by atoms with E-state index in [1.165, 1.54) is 31.0 Å². The average Bonchev–Trinajstić information content (AvgIpc) is 1.78. The number of benzene rings is 5. The number of likely N-dealkylation sites (N-methyl/N-ethyl adjacent to an activating group) is 1. The van der Waals surface area contributed by atoms with Crippen LogP contribution in [0.3, 0.4) is 0 Å². The molecule has 41 heteroatoms. The third kappa shape index (κ3) is 34.1. The lowest BCUT2D eigenvalue weighted by Gasteiger charge is -2.32. The molecule has 15 rings (SSSR count). The maximum Gasteiger partial charge on any atom is 0.320 e. The van der Waals surface area contributed by atoms with Gasteiger partial charge >= 0.3 is 30.2 Å². The van der Waals surface area contributed by atoms with Gasteiger partial charge in [-0.25, -0.2) is 53.9 Å². The molecule has 736 valence electrons. The lowest BCUT2D eigenvalue weighted by Crippen LogP contribution is -2.47. The number of aryl methyl sites for hydroxylation is 2. The van der Waals surface area contributed by atoms with Gasteiger partial charge in [0, 0.05) is 180 Å². The summed E-state index contributed by atoms with van der Waals surface area (Å²) in [7, 11) is 2.05. The Kier molecular flexibility index (Phi) is 40.5. The number of anilines is 17. The first kappa shape index (κ1) is 105. The highest BCUT2D eigenvalue weighted by Gasteiger charge is 2.26. The van der Waals surface area contributed by atoms with Crippen molar-refractivity contribution >= 4 is 157 Å². The molecule has 19 N–H and O–H groups in total. The third-order valence-corrected chi connectivity index (χ3v) is 20.2. The van der Waals surface area contributed by atoms with Crippen LogP contribution in [-0.4, -0.2) is 180 Å². The van der Waals surface area contributed by atoms with E-state index in [1.54, 1.807) is 87.2 Å². The third-order valence-electron chi connectivity index (χ3n) is 20.2. The number of pyridine rings is 8. The van der Waals surface area contributed by atoms with Crippen LogP contribution >= 0.6 is 0 Å². The minimum Gasteiger partial charge on any atom is -0.359 e. The minimum atomic E-state index is -0.380. The Morgan fingerprint density at radius 1 is 0.308 bits per heavy atom. The monoisotopic (exact) mass is 1930 g/mol. The van der Waals surface area contributed by atoms with E-state index >= 15 is 0 Å². The number of para-hydroxylation sites is 5. The summed E-state index contributed by atoms with van der Waals surface area (Å²) in [6, 6.07) is 68.0. The number of carbonyl (C=O) groups excluding carboxylic acids is 10. The molecule has 1 fully saturated rings. The number of nitrogens with zero attached hydrogens (tertiary/aromatic N) is 11. The minimum absolute atomic E-state index is 0.0661. The smallest absolute Gasteiger partial charge is 0.320 e. The van der Waals surface area contributed by atoms with E-state index in [-0.39, 0.29) is 59.7 Å². The van der Waals surface area contributed by atoms with Crippen LogP contribution < -0.4 is 101 Å². The summed E-state index contributed by atoms with van der Waals surface area (Å²) in [5.41, 5.74) is 11.3. The maximum absolute atomic E-state index is 13.1. The lowest BCUT2D eigenvalue weighted by molar-refractivity contribution is 0.0664. The molecule has 143 heavy (non-hydrogen) atoms. The van der Waals surface area contributed by atoms with Crippen molar-refractivity contribution in [2.45, 2.75) is 61.6 Å². The van der Waals surface area contributed by atoms with Crippen molar-refractivity contribution in [3.63, 3.8) is 0 Å². The van der Waals surface area contributed by atoms with Gasteiger partial charge in [-0.3, -0.25) is 60.5 Å². The summed E-state index contributed by atoms with van der Waals surface area (Å²) < 4.78 is 5.09. The quantitative estimate of drug-likeness (QED) is 0.0192. The Labute approximate surface area is 825 Å². The standard InChI is InChI=1S/2C21H22N6O2.C20H22N6O3.C20H26N6O2.C20H20N6O2/c1-2-22-21(29)27-19-12-18(26-15-8-4-3-5-9-15)17(14-24-19)20(28)25-13-16-10-6-7-11-23-16;1-2-23-21(29)27-19-12-18(26-16-6-4-3-5-7-16)17(14-24-19)20(28)25-13-15-8-10-22-11-9-15;1-4-21-20(28)24-17-10-16(23-14-8-6-5-7-9-14)15(11-22-17)19(27)25-18-12(2)26-29-13(18)3;1-3-21-20(28)24-18-13-17(23-15-7-5-4-6-8-15)16(14-22-18)19(27)26-11-9-25(2)10-12-26;1-2-21-20(28)26-18-12-16(24-14-8-4-3-5-9-14)15(13-23-18)19(27)25-17-10-6-7-11-22-17/h3-12,14H,2,13H2,1H3,(H,25,28)(H3,22,24,26,27,29);3-12,14H,2,13H2,1H3,(H,25,28)(H3,23,24,26,27,29);5-11H,4H2,1-3H3,(H,25,27)(H3,21,22,23,24,28);4-8,13-14H,3,9-12H2,1-2H3,(H3,21,22,23,24,28);3-13H,2H2,1H3,(H,22,25,27)(H3,21,23,24,26,28). The summed E-state index contributed by atoms with van der Waals surface area (Å²) in [6.45, 7) is 18.8. The molecular weight excluding hydrogens is 1820 g/mol. The highest BCUT2D eigenvalue weighted by Crippen LogP contribution is 2.32. The van der Waals surface area contributed by atoms with E-state index < -0.39 is 0 Å². The summed E-state index contributed by atoms with van der Waals surface area (Å²) in [4.78, 5) is 161. The SMILES string of the molecule is CCNC(=O)Nc1cc(Nc2ccccc2)c(C(=O)N2CCN(C)CC2)cn1.CCNC(=O)Nc1cc(Nc2ccccc2)c(C(=O)NCc2ccccn2)cn1.CCNC(=O)Nc1cc(Nc2ccccc2)c(C(=O)NCc2ccncc2)cn1.CCNC(=O)Nc1cc(Nc2ccccc2)c(C(=O)Nc2c(C)noc2C)cn1.CCNC(=O)Nc1cc(Nc2ccccc2)c(C(=O)Nc2ccccn2)cn1. The molecule has 1 aliphatic heterocycles. The summed E-state index contributed by atoms with van der Waals surface area (Å²) in [6.07, 6.45) is 13.8. The zero-order chi connectivity index (χ0) is 101. The first-order valence-electron chi connectivity index (χ1n) is 45.6. The molecular formula is C102H112N30O11. The molecule has 15 amide bonds. The van der Waals surface area contributed by atoms with Crippen molar-refractivity contribution in [3.8, 4) is 0 Å². The Hall–Kier alpha value is -18.8. The Morgan fingerprint density at radius 2 is 0.622 bits per heavy atom. The fourth-order valence-corrected chi connectivity index (χ4v) is 13.2. The largest absolute Gasteiger partial charge is 0.359 e. The molecule has 1 saturated heterocycles. The van der Waals surface area contributed by atoms with Crippen LogP contribution in [0.15, 0.2) is 291 Å². The number of aromatic nitrogens is 9. The molecule has 0 bridgehead atoms. The van der Waals surface area contributed by atoms with Crippen LogP contribution in [0.1, 0.15) is 109 Å². The molecule has 9 aromatic heterocycles. The summed E-state index contributed by atoms with van der Waals surface area (Å²) in [5, 5.41) is 57.7. The van der Waals surface area contributed by atoms with Crippen LogP contribution in [-0.2, 0) is 13.1 Å². The number of hydrogen-bond donors (Lipinski definition) is 19. The van der Waals surface area contributed by atoms with Gasteiger partial charge < -0.3 is 88.8 Å². The molecule has 0 radical (unpaired) electrons. The van der Waals surface area contributed by atoms with Crippen LogP contribution in [0.5, 0.6) is 0 Å². The molecule has 0 aliphatic carbocycles. The van der Waals surface area contributed by atoms with Gasteiger partial charge in [0.25, 0.3) is 29.5 Å². The van der Waals surface area contributed by atoms with Crippen molar-refractivity contribution in [1.82, 2.24) is 92.0 Å². The van der Waals surface area contributed by atoms with Crippen molar-refractivity contribution in [2.24, 2.45) is 0 Å². The van der Waals surface area contributed by atoms with E-state index in [4.69, 9.17) is 4.52 Å². The normalized spacial score (nSPS) is 11.0. The molecule has 0 saturated carbocycles. The van der Waals surface area contributed by atoms with E-state index in [0.29, 0.717) is 167 Å². The number of urea groups is 5. The molecule has 41 nitrogen and oxygen atoms in total. The number of hydrogen-bond acceptors (Lipinski definition) is 26. The maximum atomic E-state index is 13.1. The second kappa shape index (κ2) is 55.4. The molecule has 5 aromatic carbocycles. The molecule has 10 heterocycles. The first-order valence-corrected chi connectivity index (χ1v) is 45.6. The van der Waals surface area contributed by atoms with Crippen LogP contribution in [0.4, 0.5) is 121 Å². The zero-order valence-electron chi connectivity index (χ0n) is 79.8. The highest BCUT2D eigenvalue weighted by atomic mass is 16.5. The molecule has 0 spiro atoms. The second-order valence-corrected chi connectivity index (χ2v) is 30.9. The van der Waals surface area contributed by atoms with Gasteiger partial charge in [-0.15, -0.1) is 0 Å². The van der Waals surface area contributed by atoms with Gasteiger partial charge in [0.05, 0.1) is 68.5 Å². The van der Waals surface area contributed by atoms with E-state index in [1.807, 2.05) is 229 Å². The summed E-state index contributed by atoms with van der Waals surface area (Å²) >= 11 is 0. The van der Waals surface area contributed by atoms with Crippen molar-refractivity contribution in [3.05, 3.63) is 337 Å². The van der Waals surface area contributed by atoms with Crippen molar-refractivity contribution < 1.29 is 52.5 Å². The van der Waals surface area contributed by atoms with Gasteiger partial charge in [0.2, 0.25) is 0 Å². The zero-order valence-corrected chi connectivity index (χ0v) is 79.8. The number of piperazine rings is 1. The number of rotatable bonds is 31. The van der Waals surface area contributed by atoms with Crippen molar-refractivity contribution in [2.75, 3.05) is 130 Å². The van der Waals surface area contributed by atoms with Crippen LogP contribution in [0, 0.1) is 13.8 Å². The Morgan fingerprint density at radius 3 is 0.944 bits per heavy atom. The topological polar surface area (TPSA) is 535 Å². The van der Waals surface area contributed by atoms with E-state index in [0.717, 1.165) is 52.8 Å². The number of amides is 15. The Balaban J connectivity index is 0.000000171. The lowest BCUT2D eigenvalue weighted by atomic mass is 10.1. The predicted octanol–water partition coefficient (Wildman–Crippen LogP) is 16.4. The fraction of sp³-hybridized carbons (Fsp3) is 0.186. The number of carbonyl (C=O) groups is 10. The second-order valence-electron chi connectivity index (χ2n) is 30.9. The average molecular weight is 1930 g/mol. The van der Waals surface area contributed by atoms with Gasteiger partial charge in [-0.2, -0.15) is 0 Å². The van der Waals surface area contributed by atoms with Gasteiger partial charge in [0.15, 0.2) is 5.76 Å². The van der Waals surface area contributed by atoms with E-state index in [9.17, 15) is 47.9 Å². The molecule has 0 atom stereocenters. The van der Waals surface area contributed by atoms with Gasteiger partial charge in [-0.1, -0.05) is 108 Å². The number of nitrogens with one attached hydrogen (secondary N) is 19. The van der Waals surface area contributed by atoms with E-state index in [2.05, 4.69) is 151 Å². The highest BCUT2D eigenvalue weighted by molar-refractivity contribution is 6.10. The van der Waals surface area contributed by atoms with Crippen molar-refractivity contribution in [1.29, 1.82) is 0 Å². The molecule has 1 aliphatic rings. The first-order chi connectivity index (χ1) is 69.5. The molecule has 14 aromatic rings. The fourth-order valence-electron chi connectivity index (χ4n) is 13.2.